The zero-order chi connectivity index (χ0) is 10.8. The molecule has 0 spiro atoms. The van der Waals surface area contributed by atoms with Crippen molar-refractivity contribution in [3.63, 3.8) is 0 Å². The fourth-order valence-corrected chi connectivity index (χ4v) is 1.53. The number of benzene rings is 1. The lowest BCUT2D eigenvalue weighted by Crippen LogP contribution is -2.13. The third-order valence-electron chi connectivity index (χ3n) is 2.39. The molecule has 0 saturated heterocycles. The van der Waals surface area contributed by atoms with Gasteiger partial charge in [-0.3, -0.25) is 0 Å². The van der Waals surface area contributed by atoms with Gasteiger partial charge in [-0.1, -0.05) is 11.6 Å². The van der Waals surface area contributed by atoms with E-state index in [9.17, 15) is 0 Å². The predicted octanol–water partition coefficient (Wildman–Crippen LogP) is 2.75. The third-order valence-corrected chi connectivity index (χ3v) is 2.62. The average Bonchev–Trinajstić information content (AvgIpc) is 3.01. The van der Waals surface area contributed by atoms with Crippen molar-refractivity contribution in [2.24, 2.45) is 16.6 Å². The number of hydrogen-bond donors (Lipinski definition) is 1. The van der Waals surface area contributed by atoms with Crippen LogP contribution in [0.2, 0.25) is 5.02 Å². The second kappa shape index (κ2) is 4.11. The van der Waals surface area contributed by atoms with Crippen LogP contribution in [0.3, 0.4) is 0 Å². The molecule has 0 aliphatic heterocycles. The van der Waals surface area contributed by atoms with Crippen molar-refractivity contribution in [3.05, 3.63) is 23.2 Å². The lowest BCUT2D eigenvalue weighted by Gasteiger charge is -2.05. The molecule has 0 aromatic heterocycles. The van der Waals surface area contributed by atoms with E-state index < -0.39 is 0 Å². The SMILES string of the molecule is COc1ccc(Cl)cc1N=C(N)C1CC1. The van der Waals surface area contributed by atoms with Gasteiger partial charge in [-0.25, -0.2) is 4.99 Å². The van der Waals surface area contributed by atoms with Crippen molar-refractivity contribution >= 4 is 23.1 Å². The van der Waals surface area contributed by atoms with Crippen molar-refractivity contribution < 1.29 is 4.74 Å². The Kier molecular flexibility index (Phi) is 2.82. The number of amidine groups is 1. The first-order chi connectivity index (χ1) is 7.20. The Morgan fingerprint density at radius 2 is 2.27 bits per heavy atom. The van der Waals surface area contributed by atoms with Crippen molar-refractivity contribution in [2.75, 3.05) is 7.11 Å². The molecule has 15 heavy (non-hydrogen) atoms. The minimum absolute atomic E-state index is 0.452. The number of nitrogens with two attached hydrogens (primary N) is 1. The Balaban J connectivity index is 2.32. The number of aliphatic imine (C=N–C) groups is 1. The summed E-state index contributed by atoms with van der Waals surface area (Å²) in [6.07, 6.45) is 2.27. The second-order valence-corrected chi connectivity index (χ2v) is 4.06. The van der Waals surface area contributed by atoms with Gasteiger partial charge in [0, 0.05) is 10.9 Å². The number of halogens is 1. The summed E-state index contributed by atoms with van der Waals surface area (Å²) in [6, 6.07) is 5.32. The molecule has 3 nitrogen and oxygen atoms in total. The fraction of sp³-hybridized carbons (Fsp3) is 0.364. The highest BCUT2D eigenvalue weighted by Crippen LogP contribution is 2.34. The van der Waals surface area contributed by atoms with Crippen LogP contribution < -0.4 is 10.5 Å². The van der Waals surface area contributed by atoms with Gasteiger partial charge in [0.1, 0.15) is 17.3 Å². The van der Waals surface area contributed by atoms with Gasteiger partial charge in [0.2, 0.25) is 0 Å². The van der Waals surface area contributed by atoms with Crippen LogP contribution in [-0.2, 0) is 0 Å². The molecule has 0 radical (unpaired) electrons. The third kappa shape index (κ3) is 2.42. The molecule has 2 rings (SSSR count). The van der Waals surface area contributed by atoms with Crippen LogP contribution in [0.4, 0.5) is 5.69 Å². The van der Waals surface area contributed by atoms with Crippen LogP contribution in [-0.4, -0.2) is 12.9 Å². The summed E-state index contributed by atoms with van der Waals surface area (Å²) in [5.41, 5.74) is 6.54. The Morgan fingerprint density at radius 1 is 1.53 bits per heavy atom. The van der Waals surface area contributed by atoms with Crippen LogP contribution in [0.25, 0.3) is 0 Å². The highest BCUT2D eigenvalue weighted by atomic mass is 35.5. The van der Waals surface area contributed by atoms with Gasteiger partial charge in [0.15, 0.2) is 0 Å². The van der Waals surface area contributed by atoms with Gasteiger partial charge >= 0.3 is 0 Å². The first kappa shape index (κ1) is 10.3. The van der Waals surface area contributed by atoms with E-state index in [0.717, 1.165) is 12.8 Å². The lowest BCUT2D eigenvalue weighted by molar-refractivity contribution is 0.416. The van der Waals surface area contributed by atoms with E-state index in [2.05, 4.69) is 4.99 Å². The van der Waals surface area contributed by atoms with Crippen LogP contribution in [0, 0.1) is 5.92 Å². The molecular formula is C11H13ClN2O. The maximum Gasteiger partial charge on any atom is 0.144 e. The normalized spacial score (nSPS) is 16.5. The highest BCUT2D eigenvalue weighted by molar-refractivity contribution is 6.30. The van der Waals surface area contributed by atoms with Crippen molar-refractivity contribution in [2.45, 2.75) is 12.8 Å². The molecule has 1 saturated carbocycles. The molecule has 0 amide bonds. The molecule has 1 fully saturated rings. The van der Waals surface area contributed by atoms with E-state index in [1.807, 2.05) is 0 Å². The van der Waals surface area contributed by atoms with Gasteiger partial charge in [0.25, 0.3) is 0 Å². The quantitative estimate of drug-likeness (QED) is 0.634. The molecule has 2 N–H and O–H groups in total. The molecule has 0 heterocycles. The van der Waals surface area contributed by atoms with Gasteiger partial charge in [-0.15, -0.1) is 0 Å². The minimum Gasteiger partial charge on any atom is -0.494 e. The summed E-state index contributed by atoms with van der Waals surface area (Å²) in [6.45, 7) is 0. The summed E-state index contributed by atoms with van der Waals surface area (Å²) in [7, 11) is 1.61. The molecule has 80 valence electrons. The summed E-state index contributed by atoms with van der Waals surface area (Å²) < 4.78 is 5.18. The van der Waals surface area contributed by atoms with Crippen LogP contribution in [0.5, 0.6) is 5.75 Å². The number of nitrogens with zero attached hydrogens (tertiary/aromatic N) is 1. The molecule has 1 aliphatic carbocycles. The number of hydrogen-bond acceptors (Lipinski definition) is 2. The molecule has 1 aliphatic rings. The zero-order valence-electron chi connectivity index (χ0n) is 8.53. The number of ether oxygens (including phenoxy) is 1. The van der Waals surface area contributed by atoms with E-state index in [-0.39, 0.29) is 0 Å². The molecular weight excluding hydrogens is 212 g/mol. The molecule has 0 atom stereocenters. The van der Waals surface area contributed by atoms with Crippen molar-refractivity contribution in [3.8, 4) is 5.75 Å². The summed E-state index contributed by atoms with van der Waals surface area (Å²) in [4.78, 5) is 4.34. The number of methoxy groups -OCH3 is 1. The Morgan fingerprint density at radius 3 is 2.87 bits per heavy atom. The standard InChI is InChI=1S/C11H13ClN2O/c1-15-10-5-4-8(12)6-9(10)14-11(13)7-2-3-7/h4-7H,2-3H2,1H3,(H2,13,14). The molecule has 1 aromatic carbocycles. The van der Waals surface area contributed by atoms with E-state index in [1.165, 1.54) is 0 Å². The predicted molar refractivity (Wildman–Crippen MR) is 62.0 cm³/mol. The maximum absolute atomic E-state index is 5.89. The van der Waals surface area contributed by atoms with E-state index in [4.69, 9.17) is 22.1 Å². The molecule has 0 unspecified atom stereocenters. The monoisotopic (exact) mass is 224 g/mol. The molecule has 0 bridgehead atoms. The van der Waals surface area contributed by atoms with Gasteiger partial charge in [0.05, 0.1) is 7.11 Å². The van der Waals surface area contributed by atoms with Gasteiger partial charge < -0.3 is 10.5 Å². The summed E-state index contributed by atoms with van der Waals surface area (Å²) >= 11 is 5.89. The van der Waals surface area contributed by atoms with E-state index in [1.54, 1.807) is 25.3 Å². The zero-order valence-corrected chi connectivity index (χ0v) is 9.29. The fourth-order valence-electron chi connectivity index (χ4n) is 1.36. The van der Waals surface area contributed by atoms with E-state index in [0.29, 0.717) is 28.2 Å². The Bertz CT molecular complexity index is 400. The highest BCUT2D eigenvalue weighted by Gasteiger charge is 2.25. The van der Waals surface area contributed by atoms with Crippen LogP contribution in [0.15, 0.2) is 23.2 Å². The van der Waals surface area contributed by atoms with E-state index >= 15 is 0 Å². The maximum atomic E-state index is 5.89. The second-order valence-electron chi connectivity index (χ2n) is 3.63. The summed E-state index contributed by atoms with van der Waals surface area (Å²) in [5.74, 6) is 1.83. The topological polar surface area (TPSA) is 47.6 Å². The lowest BCUT2D eigenvalue weighted by atomic mass is 10.3. The Labute approximate surface area is 93.9 Å². The Hall–Kier alpha value is -1.22. The first-order valence-electron chi connectivity index (χ1n) is 4.88. The van der Waals surface area contributed by atoms with Crippen LogP contribution in [0.1, 0.15) is 12.8 Å². The first-order valence-corrected chi connectivity index (χ1v) is 5.26. The minimum atomic E-state index is 0.452. The van der Waals surface area contributed by atoms with Gasteiger partial charge in [-0.2, -0.15) is 0 Å². The molecule has 1 aromatic rings. The summed E-state index contributed by atoms with van der Waals surface area (Å²) in [5, 5.41) is 0.637. The van der Waals surface area contributed by atoms with Crippen LogP contribution >= 0.6 is 11.6 Å². The average molecular weight is 225 g/mol. The van der Waals surface area contributed by atoms with Gasteiger partial charge in [-0.05, 0) is 31.0 Å². The number of rotatable bonds is 3. The van der Waals surface area contributed by atoms with Crippen molar-refractivity contribution in [1.82, 2.24) is 0 Å². The molecule has 4 heteroatoms. The smallest absolute Gasteiger partial charge is 0.144 e. The van der Waals surface area contributed by atoms with Crippen molar-refractivity contribution in [1.29, 1.82) is 0 Å². The largest absolute Gasteiger partial charge is 0.494 e.